The number of imidazole rings is 1. The third-order valence-electron chi connectivity index (χ3n) is 3.73. The Morgan fingerprint density at radius 1 is 1.13 bits per heavy atom. The van der Waals surface area contributed by atoms with Crippen molar-refractivity contribution in [3.05, 3.63) is 88.5 Å². The fraction of sp³-hybridized carbons (Fsp3) is 0.111. The molecule has 3 aromatic rings. The van der Waals surface area contributed by atoms with Gasteiger partial charge in [-0.1, -0.05) is 48.0 Å². The number of aromatic nitrogens is 2. The molecule has 0 aliphatic heterocycles. The van der Waals surface area contributed by atoms with E-state index >= 15 is 0 Å². The first-order valence-corrected chi connectivity index (χ1v) is 7.68. The molecule has 5 heteroatoms. The Kier molecular flexibility index (Phi) is 4.44. The minimum Gasteiger partial charge on any atom is -0.384 e. The summed E-state index contributed by atoms with van der Waals surface area (Å²) in [6, 6.07) is 15.5. The van der Waals surface area contributed by atoms with Crippen molar-refractivity contribution in [3.63, 3.8) is 0 Å². The van der Waals surface area contributed by atoms with Gasteiger partial charge in [0.05, 0.1) is 0 Å². The Balaban J connectivity index is 1.84. The van der Waals surface area contributed by atoms with E-state index in [2.05, 4.69) is 9.55 Å². The van der Waals surface area contributed by atoms with E-state index in [1.165, 1.54) is 0 Å². The smallest absolute Gasteiger partial charge is 0.123 e. The molecule has 0 spiro atoms. The van der Waals surface area contributed by atoms with Crippen LogP contribution in [-0.4, -0.2) is 15.4 Å². The number of nitrogens with zero attached hydrogens (tertiary/aromatic N) is 2. The minimum atomic E-state index is 0.0833. The van der Waals surface area contributed by atoms with E-state index in [0.717, 1.165) is 34.0 Å². The number of benzene rings is 2. The summed E-state index contributed by atoms with van der Waals surface area (Å²) < 4.78 is 2.08. The summed E-state index contributed by atoms with van der Waals surface area (Å²) in [6.07, 6.45) is 4.47. The van der Waals surface area contributed by atoms with Gasteiger partial charge in [0.2, 0.25) is 0 Å². The largest absolute Gasteiger partial charge is 0.384 e. The third kappa shape index (κ3) is 3.60. The van der Waals surface area contributed by atoms with Crippen molar-refractivity contribution in [1.29, 1.82) is 5.41 Å². The van der Waals surface area contributed by atoms with E-state index in [9.17, 15) is 0 Å². The van der Waals surface area contributed by atoms with E-state index < -0.39 is 0 Å². The van der Waals surface area contributed by atoms with Crippen LogP contribution in [0.5, 0.6) is 0 Å². The molecule has 4 nitrogen and oxygen atoms in total. The molecule has 0 bridgehead atoms. The Hall–Kier alpha value is -2.59. The van der Waals surface area contributed by atoms with Crippen LogP contribution in [0, 0.1) is 5.41 Å². The summed E-state index contributed by atoms with van der Waals surface area (Å²) in [6.45, 7) is 0.638. The van der Waals surface area contributed by atoms with Gasteiger partial charge in [0, 0.05) is 35.9 Å². The summed E-state index contributed by atoms with van der Waals surface area (Å²) in [5.74, 6) is 1.05. The lowest BCUT2D eigenvalue weighted by Crippen LogP contribution is -2.15. The molecular weight excluding hydrogens is 308 g/mol. The maximum absolute atomic E-state index is 7.70. The van der Waals surface area contributed by atoms with Crippen molar-refractivity contribution in [2.24, 2.45) is 5.73 Å². The number of rotatable bonds is 5. The molecular formula is C18H17ClN4. The molecule has 0 unspecified atom stereocenters. The maximum atomic E-state index is 7.70. The van der Waals surface area contributed by atoms with Crippen molar-refractivity contribution >= 4 is 17.4 Å². The second-order valence-corrected chi connectivity index (χ2v) is 5.78. The highest BCUT2D eigenvalue weighted by Crippen LogP contribution is 2.15. The molecule has 0 atom stereocenters. The molecule has 116 valence electrons. The lowest BCUT2D eigenvalue weighted by atomic mass is 10.1. The minimum absolute atomic E-state index is 0.0833. The standard InChI is InChI=1S/C18H17ClN4/c19-15-7-5-13(6-8-15)11-17-22-9-10-23(17)12-14-3-1-2-4-16(14)18(20)21/h1-10H,11-12H2,(H3,20,21). The molecule has 3 rings (SSSR count). The quantitative estimate of drug-likeness (QED) is 0.557. The Labute approximate surface area is 140 Å². The molecule has 0 radical (unpaired) electrons. The van der Waals surface area contributed by atoms with Gasteiger partial charge in [0.15, 0.2) is 0 Å². The Morgan fingerprint density at radius 3 is 2.61 bits per heavy atom. The van der Waals surface area contributed by atoms with E-state index in [0.29, 0.717) is 6.54 Å². The number of nitrogens with one attached hydrogen (secondary N) is 1. The van der Waals surface area contributed by atoms with Gasteiger partial charge in [-0.15, -0.1) is 0 Å². The number of amidine groups is 1. The second-order valence-electron chi connectivity index (χ2n) is 5.35. The van der Waals surface area contributed by atoms with E-state index in [-0.39, 0.29) is 5.84 Å². The van der Waals surface area contributed by atoms with Crippen molar-refractivity contribution in [1.82, 2.24) is 9.55 Å². The molecule has 2 aromatic carbocycles. The van der Waals surface area contributed by atoms with Gasteiger partial charge in [-0.05, 0) is 23.3 Å². The summed E-state index contributed by atoms with van der Waals surface area (Å²) in [5.41, 5.74) is 8.59. The molecule has 23 heavy (non-hydrogen) atoms. The van der Waals surface area contributed by atoms with Crippen LogP contribution in [0.2, 0.25) is 5.02 Å². The Bertz CT molecular complexity index is 821. The third-order valence-corrected chi connectivity index (χ3v) is 3.98. The fourth-order valence-corrected chi connectivity index (χ4v) is 2.67. The molecule has 0 saturated heterocycles. The molecule has 0 aliphatic rings. The highest BCUT2D eigenvalue weighted by Gasteiger charge is 2.09. The average molecular weight is 325 g/mol. The fourth-order valence-electron chi connectivity index (χ4n) is 2.54. The van der Waals surface area contributed by atoms with Crippen LogP contribution in [0.4, 0.5) is 0 Å². The van der Waals surface area contributed by atoms with Gasteiger partial charge < -0.3 is 10.3 Å². The van der Waals surface area contributed by atoms with Crippen LogP contribution in [0.3, 0.4) is 0 Å². The highest BCUT2D eigenvalue weighted by atomic mass is 35.5. The second kappa shape index (κ2) is 6.67. The lowest BCUT2D eigenvalue weighted by Gasteiger charge is -2.11. The van der Waals surface area contributed by atoms with E-state index in [1.807, 2.05) is 54.7 Å². The zero-order chi connectivity index (χ0) is 16.2. The molecule has 0 fully saturated rings. The van der Waals surface area contributed by atoms with Crippen LogP contribution in [0.1, 0.15) is 22.5 Å². The topological polar surface area (TPSA) is 67.7 Å². The van der Waals surface area contributed by atoms with Crippen molar-refractivity contribution in [3.8, 4) is 0 Å². The van der Waals surface area contributed by atoms with Gasteiger partial charge in [0.1, 0.15) is 11.7 Å². The lowest BCUT2D eigenvalue weighted by molar-refractivity contribution is 0.739. The van der Waals surface area contributed by atoms with Crippen LogP contribution in [-0.2, 0) is 13.0 Å². The number of hydrogen-bond donors (Lipinski definition) is 2. The molecule has 0 saturated carbocycles. The first-order chi connectivity index (χ1) is 11.1. The van der Waals surface area contributed by atoms with Crippen LogP contribution < -0.4 is 5.73 Å². The monoisotopic (exact) mass is 324 g/mol. The molecule has 0 amide bonds. The summed E-state index contributed by atoms with van der Waals surface area (Å²) in [5, 5.41) is 8.43. The SMILES string of the molecule is N=C(N)c1ccccc1Cn1ccnc1Cc1ccc(Cl)cc1. The van der Waals surface area contributed by atoms with Gasteiger partial charge in [0.25, 0.3) is 0 Å². The zero-order valence-corrected chi connectivity index (χ0v) is 13.3. The summed E-state index contributed by atoms with van der Waals surface area (Å²) >= 11 is 5.93. The van der Waals surface area contributed by atoms with Crippen molar-refractivity contribution < 1.29 is 0 Å². The summed E-state index contributed by atoms with van der Waals surface area (Å²) in [7, 11) is 0. The van der Waals surface area contributed by atoms with Gasteiger partial charge >= 0.3 is 0 Å². The van der Waals surface area contributed by atoms with Gasteiger partial charge in [-0.25, -0.2) is 4.98 Å². The van der Waals surface area contributed by atoms with Crippen LogP contribution in [0.15, 0.2) is 60.9 Å². The van der Waals surface area contributed by atoms with E-state index in [1.54, 1.807) is 6.20 Å². The first-order valence-electron chi connectivity index (χ1n) is 7.30. The highest BCUT2D eigenvalue weighted by molar-refractivity contribution is 6.30. The normalized spacial score (nSPS) is 10.7. The number of hydrogen-bond acceptors (Lipinski definition) is 2. The van der Waals surface area contributed by atoms with Crippen molar-refractivity contribution in [2.75, 3.05) is 0 Å². The number of halogens is 1. The van der Waals surface area contributed by atoms with Gasteiger partial charge in [-0.2, -0.15) is 0 Å². The predicted octanol–water partition coefficient (Wildman–Crippen LogP) is 3.46. The number of nitrogens with two attached hydrogens (primary N) is 1. The van der Waals surface area contributed by atoms with Crippen LogP contribution in [0.25, 0.3) is 0 Å². The molecule has 1 heterocycles. The molecule has 0 aliphatic carbocycles. The predicted molar refractivity (Wildman–Crippen MR) is 93.0 cm³/mol. The Morgan fingerprint density at radius 2 is 1.87 bits per heavy atom. The average Bonchev–Trinajstić information content (AvgIpc) is 2.97. The van der Waals surface area contributed by atoms with Crippen LogP contribution >= 0.6 is 11.6 Å². The summed E-state index contributed by atoms with van der Waals surface area (Å²) in [4.78, 5) is 4.45. The maximum Gasteiger partial charge on any atom is 0.123 e. The zero-order valence-electron chi connectivity index (χ0n) is 12.5. The molecule has 1 aromatic heterocycles. The van der Waals surface area contributed by atoms with Crippen molar-refractivity contribution in [2.45, 2.75) is 13.0 Å². The van der Waals surface area contributed by atoms with Gasteiger partial charge in [-0.3, -0.25) is 5.41 Å². The number of nitrogen functional groups attached to an aromatic ring is 1. The van der Waals surface area contributed by atoms with E-state index in [4.69, 9.17) is 22.7 Å². The first kappa shape index (κ1) is 15.3. The molecule has 3 N–H and O–H groups in total.